The van der Waals surface area contributed by atoms with Crippen molar-refractivity contribution in [3.63, 3.8) is 0 Å². The quantitative estimate of drug-likeness (QED) is 0.207. The Kier molecular flexibility index (Phi) is 6.66. The highest BCUT2D eigenvalue weighted by Gasteiger charge is 2.42. The second-order valence-corrected chi connectivity index (χ2v) is 11.4. The molecule has 39 heavy (non-hydrogen) atoms. The van der Waals surface area contributed by atoms with Crippen molar-refractivity contribution in [2.45, 2.75) is 49.7 Å². The predicted octanol–water partition coefficient (Wildman–Crippen LogP) is -0.0165. The SMILES string of the molecule is CP(=O)(OC[C@H]1O[C@@H](n2cnc3c(N)ncnc32)C[C@@H]1O)O[C@H]1C[C@H](n2cnc3c(N)ncnc32)O[C@@H]1CO. The number of anilines is 2. The molecule has 6 N–H and O–H groups in total. The van der Waals surface area contributed by atoms with E-state index in [9.17, 15) is 14.8 Å². The largest absolute Gasteiger partial charge is 0.394 e. The van der Waals surface area contributed by atoms with Gasteiger partial charge in [0.25, 0.3) is 0 Å². The van der Waals surface area contributed by atoms with Crippen molar-refractivity contribution in [2.24, 2.45) is 0 Å². The van der Waals surface area contributed by atoms with E-state index >= 15 is 0 Å². The van der Waals surface area contributed by atoms with Gasteiger partial charge < -0.3 is 40.2 Å². The van der Waals surface area contributed by atoms with Crippen molar-refractivity contribution in [1.82, 2.24) is 39.0 Å². The maximum atomic E-state index is 13.2. The van der Waals surface area contributed by atoms with E-state index in [1.54, 1.807) is 9.13 Å². The van der Waals surface area contributed by atoms with Crippen LogP contribution in [0.2, 0.25) is 0 Å². The molecule has 0 amide bonds. The Morgan fingerprint density at radius 2 is 1.51 bits per heavy atom. The molecule has 0 radical (unpaired) electrons. The smallest absolute Gasteiger partial charge is 0.328 e. The number of aliphatic hydroxyl groups is 2. The maximum Gasteiger partial charge on any atom is 0.328 e. The third-order valence-electron chi connectivity index (χ3n) is 6.76. The van der Waals surface area contributed by atoms with E-state index in [0.29, 0.717) is 22.3 Å². The third-order valence-corrected chi connectivity index (χ3v) is 8.03. The fourth-order valence-corrected chi connectivity index (χ4v) is 6.02. The lowest BCUT2D eigenvalue weighted by Crippen LogP contribution is -2.29. The number of nitrogen functional groups attached to an aromatic ring is 2. The van der Waals surface area contributed by atoms with Crippen LogP contribution in [0.3, 0.4) is 0 Å². The molecule has 6 heterocycles. The van der Waals surface area contributed by atoms with E-state index in [4.69, 9.17) is 30.0 Å². The molecule has 6 rings (SSSR count). The average molecular weight is 562 g/mol. The summed E-state index contributed by atoms with van der Waals surface area (Å²) in [6.07, 6.45) is 1.74. The molecule has 0 aromatic carbocycles. The monoisotopic (exact) mass is 562 g/mol. The molecule has 17 nitrogen and oxygen atoms in total. The lowest BCUT2D eigenvalue weighted by molar-refractivity contribution is -0.0496. The van der Waals surface area contributed by atoms with Crippen molar-refractivity contribution in [2.75, 3.05) is 31.3 Å². The second kappa shape index (κ2) is 10.0. The van der Waals surface area contributed by atoms with Gasteiger partial charge in [0, 0.05) is 19.5 Å². The van der Waals surface area contributed by atoms with E-state index in [1.807, 2.05) is 0 Å². The van der Waals surface area contributed by atoms with Gasteiger partial charge >= 0.3 is 7.60 Å². The molecule has 4 aromatic heterocycles. The average Bonchev–Trinajstić information content (AvgIpc) is 3.68. The molecule has 2 aliphatic rings. The van der Waals surface area contributed by atoms with Crippen molar-refractivity contribution in [3.8, 4) is 0 Å². The highest BCUT2D eigenvalue weighted by Crippen LogP contribution is 2.49. The van der Waals surface area contributed by atoms with Gasteiger partial charge in [0.15, 0.2) is 22.9 Å². The molecule has 2 saturated heterocycles. The zero-order chi connectivity index (χ0) is 27.3. The van der Waals surface area contributed by atoms with Gasteiger partial charge in [-0.2, -0.15) is 0 Å². The first-order valence-electron chi connectivity index (χ1n) is 12.1. The number of rotatable bonds is 8. The lowest BCUT2D eigenvalue weighted by Gasteiger charge is -2.23. The number of nitrogens with two attached hydrogens (primary N) is 2. The summed E-state index contributed by atoms with van der Waals surface area (Å²) >= 11 is 0. The number of hydrogen-bond acceptors (Lipinski definition) is 15. The fraction of sp³-hybridized carbons (Fsp3) is 0.524. The summed E-state index contributed by atoms with van der Waals surface area (Å²) in [4.78, 5) is 24.7. The Balaban J connectivity index is 1.09. The number of nitrogens with zero attached hydrogens (tertiary/aromatic N) is 8. The zero-order valence-electron chi connectivity index (χ0n) is 20.7. The van der Waals surface area contributed by atoms with Gasteiger partial charge in [0.2, 0.25) is 0 Å². The van der Waals surface area contributed by atoms with Crippen molar-refractivity contribution >= 4 is 41.6 Å². The van der Waals surface area contributed by atoms with Gasteiger partial charge in [-0.05, 0) is 0 Å². The summed E-state index contributed by atoms with van der Waals surface area (Å²) in [6.45, 7) is 0.750. The molecule has 2 aliphatic heterocycles. The molecule has 7 atom stereocenters. The minimum Gasteiger partial charge on any atom is -0.394 e. The molecule has 0 bridgehead atoms. The summed E-state index contributed by atoms with van der Waals surface area (Å²) in [6, 6.07) is 0. The van der Waals surface area contributed by atoms with Crippen LogP contribution >= 0.6 is 7.60 Å². The van der Waals surface area contributed by atoms with Crippen molar-refractivity contribution < 1.29 is 33.3 Å². The highest BCUT2D eigenvalue weighted by atomic mass is 31.2. The molecule has 4 aromatic rings. The van der Waals surface area contributed by atoms with E-state index < -0.39 is 44.5 Å². The van der Waals surface area contributed by atoms with Crippen LogP contribution in [-0.4, -0.2) is 93.5 Å². The van der Waals surface area contributed by atoms with Crippen LogP contribution in [0.15, 0.2) is 25.3 Å². The Hall–Kier alpha value is -3.31. The number of imidazole rings is 2. The summed E-state index contributed by atoms with van der Waals surface area (Å²) < 4.78 is 39.9. The summed E-state index contributed by atoms with van der Waals surface area (Å²) in [5.41, 5.74) is 13.5. The van der Waals surface area contributed by atoms with Gasteiger partial charge in [-0.3, -0.25) is 13.7 Å². The molecule has 1 unspecified atom stereocenters. The third kappa shape index (κ3) is 4.82. The minimum absolute atomic E-state index is 0.196. The summed E-state index contributed by atoms with van der Waals surface area (Å²) in [5.74, 6) is 0.464. The van der Waals surface area contributed by atoms with Gasteiger partial charge in [-0.15, -0.1) is 0 Å². The van der Waals surface area contributed by atoms with Gasteiger partial charge in [0.05, 0.1) is 38.1 Å². The Bertz CT molecular complexity index is 1550. The second-order valence-electron chi connectivity index (χ2n) is 9.36. The molecule has 2 fully saturated rings. The lowest BCUT2D eigenvalue weighted by atomic mass is 10.2. The number of hydrogen-bond donors (Lipinski definition) is 4. The van der Waals surface area contributed by atoms with Gasteiger partial charge in [0.1, 0.15) is 48.4 Å². The zero-order valence-corrected chi connectivity index (χ0v) is 21.6. The summed E-state index contributed by atoms with van der Waals surface area (Å²) in [7, 11) is -3.66. The number of ether oxygens (including phenoxy) is 2. The van der Waals surface area contributed by atoms with Crippen molar-refractivity contribution in [3.05, 3.63) is 25.3 Å². The Labute approximate surface area is 220 Å². The number of aromatic nitrogens is 8. The Morgan fingerprint density at radius 1 is 0.949 bits per heavy atom. The van der Waals surface area contributed by atoms with E-state index in [0.717, 1.165) is 0 Å². The van der Waals surface area contributed by atoms with Crippen LogP contribution in [0.25, 0.3) is 22.3 Å². The predicted molar refractivity (Wildman–Crippen MR) is 134 cm³/mol. The molecule has 0 saturated carbocycles. The molecule has 208 valence electrons. The minimum atomic E-state index is -3.66. The topological polar surface area (TPSA) is 234 Å². The van der Waals surface area contributed by atoms with Crippen LogP contribution in [0.5, 0.6) is 0 Å². The Morgan fingerprint density at radius 3 is 2.10 bits per heavy atom. The normalized spacial score (nSPS) is 28.9. The first-order valence-corrected chi connectivity index (χ1v) is 14.1. The molecule has 0 aliphatic carbocycles. The number of fused-ring (bicyclic) bond motifs is 2. The maximum absolute atomic E-state index is 13.2. The van der Waals surface area contributed by atoms with E-state index in [-0.39, 0.29) is 37.7 Å². The molecule has 0 spiro atoms. The number of aliphatic hydroxyl groups excluding tert-OH is 2. The molecule has 18 heteroatoms. The molecular formula is C21H27N10O7P. The van der Waals surface area contributed by atoms with Crippen LogP contribution in [0, 0.1) is 0 Å². The van der Waals surface area contributed by atoms with Crippen LogP contribution < -0.4 is 11.5 Å². The fourth-order valence-electron chi connectivity index (χ4n) is 4.83. The van der Waals surface area contributed by atoms with Crippen LogP contribution in [0.4, 0.5) is 11.6 Å². The standard InChI is InChI=1S/C21H27N10O7P/c1-39(34,35-5-13-10(33)2-14(37-13)30-8-28-16-18(22)24-6-26-20(16)30)38-11-3-15(36-12(11)4-32)31-9-29-17-19(23)25-7-27-21(17)31/h6-15,32-33H,2-5H2,1H3,(H2,22,24,26)(H2,23,25,27)/t10-,11-,12+,13+,14+,15+,39?/m0/s1. The van der Waals surface area contributed by atoms with E-state index in [1.165, 1.54) is 32.0 Å². The van der Waals surface area contributed by atoms with Crippen LogP contribution in [-0.2, 0) is 23.1 Å². The summed E-state index contributed by atoms with van der Waals surface area (Å²) in [5, 5.41) is 20.5. The van der Waals surface area contributed by atoms with Gasteiger partial charge in [-0.1, -0.05) is 0 Å². The molecular weight excluding hydrogens is 535 g/mol. The highest BCUT2D eigenvalue weighted by molar-refractivity contribution is 7.53. The van der Waals surface area contributed by atoms with Gasteiger partial charge in [-0.25, -0.2) is 29.9 Å². The first-order chi connectivity index (χ1) is 18.7. The van der Waals surface area contributed by atoms with E-state index in [2.05, 4.69) is 29.9 Å². The van der Waals surface area contributed by atoms with Crippen molar-refractivity contribution in [1.29, 1.82) is 0 Å². The first kappa shape index (κ1) is 25.9. The van der Waals surface area contributed by atoms with Crippen LogP contribution in [0.1, 0.15) is 25.3 Å².